The number of carbonyl (C=O) groups excluding carboxylic acids is 1. The topological polar surface area (TPSA) is 64.3 Å². The molecule has 88 valence electrons. The average molecular weight is 224 g/mol. The molecule has 0 fully saturated rings. The molecule has 1 aromatic rings. The van der Waals surface area contributed by atoms with Crippen molar-refractivity contribution in [2.45, 2.75) is 38.3 Å². The number of aromatic nitrogens is 2. The van der Waals surface area contributed by atoms with E-state index in [1.807, 2.05) is 6.20 Å². The van der Waals surface area contributed by atoms with Gasteiger partial charge in [-0.25, -0.2) is 4.98 Å². The SMILES string of the molecule is COC(=O)C[C@@H](O)c1cn2c(n1)CCCC2. The molecule has 0 aromatic carbocycles. The van der Waals surface area contributed by atoms with Gasteiger partial charge in [0.05, 0.1) is 19.2 Å². The fourth-order valence-electron chi connectivity index (χ4n) is 1.94. The minimum absolute atomic E-state index is 0.0348. The number of hydrogen-bond donors (Lipinski definition) is 1. The van der Waals surface area contributed by atoms with Gasteiger partial charge in [0.2, 0.25) is 0 Å². The summed E-state index contributed by atoms with van der Waals surface area (Å²) >= 11 is 0. The minimum Gasteiger partial charge on any atom is -0.469 e. The van der Waals surface area contributed by atoms with Crippen LogP contribution in [-0.2, 0) is 22.5 Å². The van der Waals surface area contributed by atoms with Gasteiger partial charge < -0.3 is 14.4 Å². The second kappa shape index (κ2) is 4.65. The number of aliphatic hydroxyl groups is 1. The fraction of sp³-hybridized carbons (Fsp3) is 0.636. The Kier molecular flexibility index (Phi) is 3.24. The molecule has 5 nitrogen and oxygen atoms in total. The van der Waals surface area contributed by atoms with Crippen molar-refractivity contribution in [3.63, 3.8) is 0 Å². The van der Waals surface area contributed by atoms with Gasteiger partial charge in [0, 0.05) is 19.2 Å². The Morgan fingerprint density at radius 1 is 1.69 bits per heavy atom. The van der Waals surface area contributed by atoms with Crippen LogP contribution in [0.5, 0.6) is 0 Å². The highest BCUT2D eigenvalue weighted by atomic mass is 16.5. The summed E-state index contributed by atoms with van der Waals surface area (Å²) in [4.78, 5) is 15.4. The van der Waals surface area contributed by atoms with E-state index < -0.39 is 12.1 Å². The molecule has 0 saturated carbocycles. The first-order valence-corrected chi connectivity index (χ1v) is 5.51. The summed E-state index contributed by atoms with van der Waals surface area (Å²) < 4.78 is 6.57. The normalized spacial score (nSPS) is 16.6. The first-order valence-electron chi connectivity index (χ1n) is 5.51. The molecule has 1 atom stereocenters. The maximum Gasteiger partial charge on any atom is 0.308 e. The second-order valence-corrected chi connectivity index (χ2v) is 4.03. The van der Waals surface area contributed by atoms with Gasteiger partial charge in [-0.05, 0) is 12.8 Å². The van der Waals surface area contributed by atoms with Crippen LogP contribution in [0.3, 0.4) is 0 Å². The first kappa shape index (κ1) is 11.1. The van der Waals surface area contributed by atoms with E-state index in [1.54, 1.807) is 0 Å². The van der Waals surface area contributed by atoms with Crippen LogP contribution in [0.15, 0.2) is 6.20 Å². The third-order valence-electron chi connectivity index (χ3n) is 2.86. The molecule has 1 aliphatic rings. The zero-order valence-electron chi connectivity index (χ0n) is 9.35. The van der Waals surface area contributed by atoms with Crippen LogP contribution < -0.4 is 0 Å². The van der Waals surface area contributed by atoms with Gasteiger partial charge in [0.1, 0.15) is 11.9 Å². The predicted molar refractivity (Wildman–Crippen MR) is 56.8 cm³/mol. The van der Waals surface area contributed by atoms with Crippen molar-refractivity contribution in [1.82, 2.24) is 9.55 Å². The van der Waals surface area contributed by atoms with Crippen molar-refractivity contribution in [1.29, 1.82) is 0 Å². The standard InChI is InChI=1S/C11H16N2O3/c1-16-11(15)6-9(14)8-7-13-5-3-2-4-10(13)12-8/h7,9,14H,2-6H2,1H3/t9-/m1/s1. The maximum atomic E-state index is 11.0. The van der Waals surface area contributed by atoms with E-state index in [0.717, 1.165) is 31.6 Å². The number of imidazole rings is 1. The van der Waals surface area contributed by atoms with Crippen molar-refractivity contribution in [3.8, 4) is 0 Å². The van der Waals surface area contributed by atoms with Crippen molar-refractivity contribution >= 4 is 5.97 Å². The van der Waals surface area contributed by atoms with E-state index in [-0.39, 0.29) is 6.42 Å². The summed E-state index contributed by atoms with van der Waals surface area (Å²) in [6, 6.07) is 0. The Bertz CT molecular complexity index is 363. The predicted octanol–water partition coefficient (Wildman–Crippen LogP) is 0.816. The van der Waals surface area contributed by atoms with Gasteiger partial charge in [-0.2, -0.15) is 0 Å². The van der Waals surface area contributed by atoms with Crippen molar-refractivity contribution in [2.24, 2.45) is 0 Å². The molecular formula is C11H16N2O3. The van der Waals surface area contributed by atoms with E-state index in [2.05, 4.69) is 14.3 Å². The Morgan fingerprint density at radius 2 is 2.50 bits per heavy atom. The lowest BCUT2D eigenvalue weighted by atomic mass is 10.2. The van der Waals surface area contributed by atoms with E-state index in [0.29, 0.717) is 5.69 Å². The van der Waals surface area contributed by atoms with Crippen LogP contribution in [0, 0.1) is 0 Å². The number of hydrogen-bond acceptors (Lipinski definition) is 4. The van der Waals surface area contributed by atoms with Gasteiger partial charge in [0.15, 0.2) is 0 Å². The summed E-state index contributed by atoms with van der Waals surface area (Å²) in [5, 5.41) is 9.79. The lowest BCUT2D eigenvalue weighted by Crippen LogP contribution is -2.09. The Hall–Kier alpha value is -1.36. The monoisotopic (exact) mass is 224 g/mol. The van der Waals surface area contributed by atoms with E-state index >= 15 is 0 Å². The van der Waals surface area contributed by atoms with Gasteiger partial charge in [0.25, 0.3) is 0 Å². The van der Waals surface area contributed by atoms with Gasteiger partial charge in [-0.1, -0.05) is 0 Å². The number of ether oxygens (including phenoxy) is 1. The van der Waals surface area contributed by atoms with Crippen LogP contribution in [0.1, 0.15) is 36.9 Å². The van der Waals surface area contributed by atoms with Crippen LogP contribution >= 0.6 is 0 Å². The molecule has 1 aliphatic heterocycles. The quantitative estimate of drug-likeness (QED) is 0.772. The number of aliphatic hydroxyl groups excluding tert-OH is 1. The highest BCUT2D eigenvalue weighted by Gasteiger charge is 2.19. The summed E-state index contributed by atoms with van der Waals surface area (Å²) in [6.45, 7) is 0.952. The first-order chi connectivity index (χ1) is 7.70. The lowest BCUT2D eigenvalue weighted by Gasteiger charge is -2.11. The molecule has 0 bridgehead atoms. The Morgan fingerprint density at radius 3 is 3.19 bits per heavy atom. The zero-order chi connectivity index (χ0) is 11.5. The molecule has 0 radical (unpaired) electrons. The summed E-state index contributed by atoms with van der Waals surface area (Å²) in [5.74, 6) is 0.587. The lowest BCUT2D eigenvalue weighted by molar-refractivity contribution is -0.142. The summed E-state index contributed by atoms with van der Waals surface area (Å²) in [5.41, 5.74) is 0.572. The van der Waals surface area contributed by atoms with Crippen molar-refractivity contribution in [3.05, 3.63) is 17.7 Å². The molecule has 0 amide bonds. The zero-order valence-corrected chi connectivity index (χ0v) is 9.35. The highest BCUT2D eigenvalue weighted by molar-refractivity contribution is 5.69. The number of nitrogens with zero attached hydrogens (tertiary/aromatic N) is 2. The van der Waals surface area contributed by atoms with E-state index in [1.165, 1.54) is 7.11 Å². The molecular weight excluding hydrogens is 208 g/mol. The number of fused-ring (bicyclic) bond motifs is 1. The molecule has 0 aliphatic carbocycles. The molecule has 2 heterocycles. The van der Waals surface area contributed by atoms with Gasteiger partial charge in [-0.15, -0.1) is 0 Å². The molecule has 2 rings (SSSR count). The van der Waals surface area contributed by atoms with E-state index in [9.17, 15) is 9.90 Å². The Labute approximate surface area is 94.1 Å². The van der Waals surface area contributed by atoms with E-state index in [4.69, 9.17) is 0 Å². The molecule has 16 heavy (non-hydrogen) atoms. The molecule has 0 unspecified atom stereocenters. The van der Waals surface area contributed by atoms with Crippen LogP contribution in [0.2, 0.25) is 0 Å². The highest BCUT2D eigenvalue weighted by Crippen LogP contribution is 2.20. The fourth-order valence-corrected chi connectivity index (χ4v) is 1.94. The van der Waals surface area contributed by atoms with Gasteiger partial charge >= 0.3 is 5.97 Å². The number of rotatable bonds is 3. The van der Waals surface area contributed by atoms with Crippen LogP contribution in [0.25, 0.3) is 0 Å². The maximum absolute atomic E-state index is 11.0. The molecule has 1 aromatic heterocycles. The third-order valence-corrected chi connectivity index (χ3v) is 2.86. The number of esters is 1. The minimum atomic E-state index is -0.856. The third kappa shape index (κ3) is 2.24. The van der Waals surface area contributed by atoms with Gasteiger partial charge in [-0.3, -0.25) is 4.79 Å². The summed E-state index contributed by atoms with van der Waals surface area (Å²) in [7, 11) is 1.31. The summed E-state index contributed by atoms with van der Waals surface area (Å²) in [6.07, 6.45) is 4.19. The molecule has 0 spiro atoms. The van der Waals surface area contributed by atoms with Crippen LogP contribution in [-0.4, -0.2) is 27.7 Å². The smallest absolute Gasteiger partial charge is 0.308 e. The number of aryl methyl sites for hydroxylation is 2. The number of carbonyl (C=O) groups is 1. The molecule has 5 heteroatoms. The molecule has 1 N–H and O–H groups in total. The number of methoxy groups -OCH3 is 1. The molecule has 0 saturated heterocycles. The van der Waals surface area contributed by atoms with Crippen molar-refractivity contribution in [2.75, 3.05) is 7.11 Å². The average Bonchev–Trinajstić information content (AvgIpc) is 2.72. The second-order valence-electron chi connectivity index (χ2n) is 4.03. The van der Waals surface area contributed by atoms with Crippen LogP contribution in [0.4, 0.5) is 0 Å². The Balaban J connectivity index is 2.08. The van der Waals surface area contributed by atoms with Crippen molar-refractivity contribution < 1.29 is 14.6 Å². The largest absolute Gasteiger partial charge is 0.469 e.